The monoisotopic (exact) mass is 354 g/mol. The van der Waals surface area contributed by atoms with Crippen molar-refractivity contribution in [2.24, 2.45) is 0 Å². The van der Waals surface area contributed by atoms with E-state index in [1.54, 1.807) is 0 Å². The van der Waals surface area contributed by atoms with Gasteiger partial charge in [-0.05, 0) is 12.8 Å². The first-order chi connectivity index (χ1) is 7.76. The fourth-order valence-electron chi connectivity index (χ4n) is 2.58. The van der Waals surface area contributed by atoms with Crippen molar-refractivity contribution in [3.63, 3.8) is 0 Å². The number of ether oxygens (including phenoxy) is 2. The molecule has 2 fully saturated rings. The van der Waals surface area contributed by atoms with Gasteiger partial charge in [0.1, 0.15) is 0 Å². The Bertz CT molecular complexity index is 201. The summed E-state index contributed by atoms with van der Waals surface area (Å²) in [6.07, 6.45) is 8.86. The average molecular weight is 356 g/mol. The third-order valence-electron chi connectivity index (χ3n) is 3.53. The Kier molecular flexibility index (Phi) is 5.13. The second-order valence-corrected chi connectivity index (χ2v) is 6.91. The number of hydrogen-bond acceptors (Lipinski definition) is 2. The zero-order valence-corrected chi connectivity index (χ0v) is 12.8. The highest BCUT2D eigenvalue weighted by Crippen LogP contribution is 2.40. The van der Waals surface area contributed by atoms with Gasteiger partial charge in [0.15, 0.2) is 5.79 Å². The Hall–Kier alpha value is 0.880. The van der Waals surface area contributed by atoms with E-state index in [4.69, 9.17) is 9.47 Å². The van der Waals surface area contributed by atoms with Crippen LogP contribution < -0.4 is 0 Å². The predicted molar refractivity (Wildman–Crippen MR) is 72.4 cm³/mol. The van der Waals surface area contributed by atoms with E-state index in [0.29, 0.717) is 9.65 Å². The van der Waals surface area contributed by atoms with Crippen LogP contribution in [0.25, 0.3) is 0 Å². The third kappa shape index (κ3) is 2.82. The van der Waals surface area contributed by atoms with Gasteiger partial charge >= 0.3 is 0 Å². The van der Waals surface area contributed by atoms with Gasteiger partial charge in [-0.1, -0.05) is 64.0 Å². The summed E-state index contributed by atoms with van der Waals surface area (Å²) in [5.41, 5.74) is 0. The van der Waals surface area contributed by atoms with Crippen molar-refractivity contribution in [3.8, 4) is 0 Å². The molecule has 0 aromatic heterocycles. The van der Waals surface area contributed by atoms with Crippen LogP contribution in [0, 0.1) is 0 Å². The van der Waals surface area contributed by atoms with E-state index in [2.05, 4.69) is 31.9 Å². The van der Waals surface area contributed by atoms with Crippen molar-refractivity contribution < 1.29 is 9.47 Å². The number of rotatable bonds is 0. The molecule has 1 saturated carbocycles. The van der Waals surface area contributed by atoms with Gasteiger partial charge in [-0.25, -0.2) is 0 Å². The molecule has 0 aromatic rings. The molecule has 0 radical (unpaired) electrons. The summed E-state index contributed by atoms with van der Waals surface area (Å²) in [6.45, 7) is 1.45. The maximum Gasteiger partial charge on any atom is 0.193 e. The van der Waals surface area contributed by atoms with Crippen LogP contribution in [-0.2, 0) is 9.47 Å². The molecule has 2 aliphatic rings. The van der Waals surface area contributed by atoms with Crippen molar-refractivity contribution >= 4 is 31.9 Å². The fourth-order valence-corrected chi connectivity index (χ4v) is 4.75. The molecular weight excluding hydrogens is 336 g/mol. The highest BCUT2D eigenvalue weighted by atomic mass is 79.9. The van der Waals surface area contributed by atoms with E-state index in [1.807, 2.05) is 0 Å². The van der Waals surface area contributed by atoms with Gasteiger partial charge < -0.3 is 9.47 Å². The van der Waals surface area contributed by atoms with E-state index in [0.717, 1.165) is 26.1 Å². The van der Waals surface area contributed by atoms with Crippen LogP contribution in [0.3, 0.4) is 0 Å². The average Bonchev–Trinajstić information content (AvgIpc) is 2.76. The molecule has 1 saturated heterocycles. The zero-order chi connectivity index (χ0) is 11.4. The van der Waals surface area contributed by atoms with Crippen LogP contribution >= 0.6 is 31.9 Å². The normalized spacial score (nSPS) is 36.4. The smallest absolute Gasteiger partial charge is 0.193 e. The number of hydrogen-bond donors (Lipinski definition) is 0. The Morgan fingerprint density at radius 1 is 0.750 bits per heavy atom. The molecule has 0 amide bonds. The van der Waals surface area contributed by atoms with Crippen molar-refractivity contribution in [2.75, 3.05) is 13.2 Å². The van der Waals surface area contributed by atoms with Crippen LogP contribution in [-0.4, -0.2) is 28.7 Å². The van der Waals surface area contributed by atoms with Crippen molar-refractivity contribution in [1.82, 2.24) is 0 Å². The molecule has 0 bridgehead atoms. The van der Waals surface area contributed by atoms with Gasteiger partial charge in [0, 0.05) is 0 Å². The molecule has 1 heterocycles. The minimum atomic E-state index is -0.419. The lowest BCUT2D eigenvalue weighted by Gasteiger charge is -2.37. The minimum absolute atomic E-state index is 0.310. The Labute approximate surface area is 115 Å². The molecule has 2 nitrogen and oxygen atoms in total. The summed E-state index contributed by atoms with van der Waals surface area (Å²) in [6, 6.07) is 0. The molecule has 0 aromatic carbocycles. The van der Waals surface area contributed by atoms with E-state index < -0.39 is 5.79 Å². The summed E-state index contributed by atoms with van der Waals surface area (Å²) >= 11 is 7.56. The summed E-state index contributed by atoms with van der Waals surface area (Å²) < 4.78 is 11.8. The maximum absolute atomic E-state index is 5.92. The predicted octanol–water partition coefficient (Wildman–Crippen LogP) is 4.00. The van der Waals surface area contributed by atoms with Gasteiger partial charge in [0.05, 0.1) is 22.9 Å². The summed E-state index contributed by atoms with van der Waals surface area (Å²) in [5.74, 6) is -0.419. The van der Waals surface area contributed by atoms with E-state index >= 15 is 0 Å². The quantitative estimate of drug-likeness (QED) is 0.611. The molecule has 4 heteroatoms. The van der Waals surface area contributed by atoms with Crippen molar-refractivity contribution in [3.05, 3.63) is 0 Å². The van der Waals surface area contributed by atoms with Gasteiger partial charge in [-0.15, -0.1) is 0 Å². The van der Waals surface area contributed by atoms with Crippen LogP contribution in [0.2, 0.25) is 0 Å². The lowest BCUT2D eigenvalue weighted by Crippen LogP contribution is -2.48. The molecule has 1 aliphatic heterocycles. The summed E-state index contributed by atoms with van der Waals surface area (Å²) in [7, 11) is 0. The molecule has 2 atom stereocenters. The second-order valence-electron chi connectivity index (χ2n) is 4.70. The highest BCUT2D eigenvalue weighted by molar-refractivity contribution is 9.10. The Balaban J connectivity index is 2.07. The topological polar surface area (TPSA) is 18.5 Å². The van der Waals surface area contributed by atoms with Gasteiger partial charge in [-0.3, -0.25) is 0 Å². The van der Waals surface area contributed by atoms with E-state index in [9.17, 15) is 0 Å². The minimum Gasteiger partial charge on any atom is -0.345 e. The molecule has 94 valence electrons. The number of alkyl halides is 2. The zero-order valence-electron chi connectivity index (χ0n) is 9.59. The molecule has 2 rings (SSSR count). The van der Waals surface area contributed by atoms with Crippen LogP contribution in [0.4, 0.5) is 0 Å². The van der Waals surface area contributed by atoms with Crippen molar-refractivity contribution in [1.29, 1.82) is 0 Å². The Morgan fingerprint density at radius 2 is 1.19 bits per heavy atom. The molecule has 16 heavy (non-hydrogen) atoms. The van der Waals surface area contributed by atoms with E-state index in [-0.39, 0.29) is 0 Å². The SMILES string of the molecule is Br[C@@H]1CCCCCCC[C@@H](Br)C12OCCO2. The first kappa shape index (κ1) is 13.3. The third-order valence-corrected chi connectivity index (χ3v) is 5.72. The molecule has 0 unspecified atom stereocenters. The standard InChI is InChI=1S/C12H20Br2O2/c13-10-6-4-2-1-3-5-7-11(14)12(10)15-8-9-16-12/h10-11H,1-9H2/t10-,11-/m1/s1. The van der Waals surface area contributed by atoms with Gasteiger partial charge in [0.25, 0.3) is 0 Å². The molecular formula is C12H20Br2O2. The van der Waals surface area contributed by atoms with Gasteiger partial charge in [0.2, 0.25) is 0 Å². The Morgan fingerprint density at radius 3 is 1.69 bits per heavy atom. The summed E-state index contributed by atoms with van der Waals surface area (Å²) in [5, 5.41) is 0. The first-order valence-corrected chi connectivity index (χ1v) is 8.15. The fraction of sp³-hybridized carbons (Fsp3) is 1.00. The van der Waals surface area contributed by atoms with Crippen LogP contribution in [0.15, 0.2) is 0 Å². The lowest BCUT2D eigenvalue weighted by molar-refractivity contribution is -0.156. The summed E-state index contributed by atoms with van der Waals surface area (Å²) in [4.78, 5) is 0.620. The maximum atomic E-state index is 5.92. The first-order valence-electron chi connectivity index (χ1n) is 6.32. The molecule has 0 N–H and O–H groups in total. The van der Waals surface area contributed by atoms with Gasteiger partial charge in [-0.2, -0.15) is 0 Å². The lowest BCUT2D eigenvalue weighted by atomic mass is 9.96. The van der Waals surface area contributed by atoms with Crippen LogP contribution in [0.5, 0.6) is 0 Å². The number of halogens is 2. The largest absolute Gasteiger partial charge is 0.345 e. The van der Waals surface area contributed by atoms with E-state index in [1.165, 1.54) is 32.1 Å². The second kappa shape index (κ2) is 6.17. The molecule has 1 spiro atoms. The van der Waals surface area contributed by atoms with Crippen LogP contribution in [0.1, 0.15) is 44.9 Å². The highest BCUT2D eigenvalue weighted by Gasteiger charge is 2.48. The van der Waals surface area contributed by atoms with Crippen molar-refractivity contribution in [2.45, 2.75) is 60.4 Å². The molecule has 1 aliphatic carbocycles.